The van der Waals surface area contributed by atoms with Gasteiger partial charge in [-0.15, -0.1) is 0 Å². The van der Waals surface area contributed by atoms with Crippen LogP contribution in [0.1, 0.15) is 37.4 Å². The normalized spacial score (nSPS) is 15.0. The number of amides is 3. The SMILES string of the molecule is CC(=O)Nc1ccc2nc(NC(=O)C[C@@H]3c4ccccc4C=CN3C(C)=O)sc2c1. The summed E-state index contributed by atoms with van der Waals surface area (Å²) in [6.45, 7) is 2.94. The Morgan fingerprint density at radius 1 is 1.10 bits per heavy atom. The van der Waals surface area contributed by atoms with Gasteiger partial charge in [0, 0.05) is 25.7 Å². The van der Waals surface area contributed by atoms with Crippen molar-refractivity contribution in [2.45, 2.75) is 26.3 Å². The molecule has 3 aromatic rings. The first-order valence-corrected chi connectivity index (χ1v) is 10.3. The molecule has 0 spiro atoms. The van der Waals surface area contributed by atoms with E-state index < -0.39 is 0 Å². The number of fused-ring (bicyclic) bond motifs is 2. The molecule has 7 nitrogen and oxygen atoms in total. The molecule has 30 heavy (non-hydrogen) atoms. The van der Waals surface area contributed by atoms with Gasteiger partial charge < -0.3 is 15.5 Å². The zero-order chi connectivity index (χ0) is 21.3. The second-order valence-corrected chi connectivity index (χ2v) is 8.05. The highest BCUT2D eigenvalue weighted by Crippen LogP contribution is 2.34. The summed E-state index contributed by atoms with van der Waals surface area (Å²) in [5.74, 6) is -0.495. The van der Waals surface area contributed by atoms with E-state index in [9.17, 15) is 14.4 Å². The standard InChI is InChI=1S/C22H20N4O3S/c1-13(27)23-16-7-8-18-20(11-16)30-22(24-18)25-21(29)12-19-17-6-4-3-5-15(17)9-10-26(19)14(2)28/h3-11,19H,12H2,1-2H3,(H,23,27)(H,24,25,29)/t19-/m1/s1. The van der Waals surface area contributed by atoms with Gasteiger partial charge in [-0.1, -0.05) is 35.6 Å². The molecule has 2 N–H and O–H groups in total. The summed E-state index contributed by atoms with van der Waals surface area (Å²) in [5, 5.41) is 6.06. The smallest absolute Gasteiger partial charge is 0.228 e. The Bertz CT molecular complexity index is 1180. The van der Waals surface area contributed by atoms with Gasteiger partial charge in [-0.05, 0) is 35.4 Å². The van der Waals surface area contributed by atoms with Crippen LogP contribution in [-0.4, -0.2) is 27.6 Å². The average Bonchev–Trinajstić information content (AvgIpc) is 3.08. The molecule has 4 rings (SSSR count). The van der Waals surface area contributed by atoms with E-state index in [4.69, 9.17) is 0 Å². The summed E-state index contributed by atoms with van der Waals surface area (Å²) < 4.78 is 0.854. The maximum absolute atomic E-state index is 12.8. The third kappa shape index (κ3) is 4.08. The van der Waals surface area contributed by atoms with E-state index >= 15 is 0 Å². The fourth-order valence-corrected chi connectivity index (χ4v) is 4.44. The molecule has 0 fully saturated rings. The van der Waals surface area contributed by atoms with Gasteiger partial charge in [-0.25, -0.2) is 4.98 Å². The van der Waals surface area contributed by atoms with E-state index in [0.717, 1.165) is 21.3 Å². The molecule has 0 saturated carbocycles. The van der Waals surface area contributed by atoms with Crippen LogP contribution in [-0.2, 0) is 14.4 Å². The molecule has 0 aliphatic carbocycles. The highest BCUT2D eigenvalue weighted by molar-refractivity contribution is 7.22. The largest absolute Gasteiger partial charge is 0.326 e. The highest BCUT2D eigenvalue weighted by atomic mass is 32.1. The first kappa shape index (κ1) is 19.8. The van der Waals surface area contributed by atoms with E-state index in [-0.39, 0.29) is 30.2 Å². The second-order valence-electron chi connectivity index (χ2n) is 7.02. The van der Waals surface area contributed by atoms with Gasteiger partial charge >= 0.3 is 0 Å². The van der Waals surface area contributed by atoms with Crippen molar-refractivity contribution in [3.05, 3.63) is 59.8 Å². The molecule has 1 aromatic heterocycles. The number of anilines is 2. The number of carbonyl (C=O) groups is 3. The Morgan fingerprint density at radius 3 is 2.67 bits per heavy atom. The first-order chi connectivity index (χ1) is 14.4. The zero-order valence-corrected chi connectivity index (χ0v) is 17.3. The molecule has 8 heteroatoms. The molecule has 2 heterocycles. The minimum Gasteiger partial charge on any atom is -0.326 e. The van der Waals surface area contributed by atoms with Crippen molar-refractivity contribution >= 4 is 56.2 Å². The lowest BCUT2D eigenvalue weighted by atomic mass is 9.93. The lowest BCUT2D eigenvalue weighted by Gasteiger charge is -2.32. The summed E-state index contributed by atoms with van der Waals surface area (Å²) in [7, 11) is 0. The van der Waals surface area contributed by atoms with Gasteiger partial charge in [-0.3, -0.25) is 14.4 Å². The highest BCUT2D eigenvalue weighted by Gasteiger charge is 2.28. The number of hydrogen-bond acceptors (Lipinski definition) is 5. The van der Waals surface area contributed by atoms with Crippen LogP contribution in [0.3, 0.4) is 0 Å². The number of rotatable bonds is 4. The van der Waals surface area contributed by atoms with Crippen molar-refractivity contribution < 1.29 is 14.4 Å². The second kappa shape index (κ2) is 8.08. The van der Waals surface area contributed by atoms with Crippen molar-refractivity contribution in [2.75, 3.05) is 10.6 Å². The number of thiazole rings is 1. The maximum atomic E-state index is 12.8. The maximum Gasteiger partial charge on any atom is 0.228 e. The molecule has 1 aliphatic rings. The van der Waals surface area contributed by atoms with Gasteiger partial charge in [0.1, 0.15) is 0 Å². The summed E-state index contributed by atoms with van der Waals surface area (Å²) in [6.07, 6.45) is 3.73. The van der Waals surface area contributed by atoms with Crippen LogP contribution in [0.4, 0.5) is 10.8 Å². The Labute approximate surface area is 177 Å². The van der Waals surface area contributed by atoms with Gasteiger partial charge in [0.2, 0.25) is 17.7 Å². The van der Waals surface area contributed by atoms with Crippen molar-refractivity contribution in [1.82, 2.24) is 9.88 Å². The predicted molar refractivity (Wildman–Crippen MR) is 118 cm³/mol. The molecule has 152 valence electrons. The zero-order valence-electron chi connectivity index (χ0n) is 16.5. The van der Waals surface area contributed by atoms with Gasteiger partial charge in [0.15, 0.2) is 5.13 Å². The minimum absolute atomic E-state index is 0.119. The van der Waals surface area contributed by atoms with Gasteiger partial charge in [0.05, 0.1) is 22.7 Å². The van der Waals surface area contributed by atoms with Crippen molar-refractivity contribution in [2.24, 2.45) is 0 Å². The number of carbonyl (C=O) groups excluding carboxylic acids is 3. The average molecular weight is 420 g/mol. The quantitative estimate of drug-likeness (QED) is 0.663. The molecule has 1 aliphatic heterocycles. The van der Waals surface area contributed by atoms with Gasteiger partial charge in [0.25, 0.3) is 0 Å². The summed E-state index contributed by atoms with van der Waals surface area (Å²) in [4.78, 5) is 42.1. The van der Waals surface area contributed by atoms with E-state index in [2.05, 4.69) is 15.6 Å². The molecule has 2 aromatic carbocycles. The number of nitrogens with zero attached hydrogens (tertiary/aromatic N) is 2. The molecule has 1 atom stereocenters. The minimum atomic E-state index is -0.371. The van der Waals surface area contributed by atoms with Crippen LogP contribution in [0.5, 0.6) is 0 Å². The summed E-state index contributed by atoms with van der Waals surface area (Å²) >= 11 is 1.33. The Balaban J connectivity index is 1.53. The van der Waals surface area contributed by atoms with Crippen LogP contribution >= 0.6 is 11.3 Å². The topological polar surface area (TPSA) is 91.4 Å². The molecule has 0 unspecified atom stereocenters. The summed E-state index contributed by atoms with van der Waals surface area (Å²) in [5.41, 5.74) is 3.35. The molecule has 0 saturated heterocycles. The van der Waals surface area contributed by atoms with Crippen LogP contribution < -0.4 is 10.6 Å². The van der Waals surface area contributed by atoms with Crippen LogP contribution in [0.25, 0.3) is 16.3 Å². The number of nitrogens with one attached hydrogen (secondary N) is 2. The fourth-order valence-electron chi connectivity index (χ4n) is 3.52. The number of benzene rings is 2. The third-order valence-electron chi connectivity index (χ3n) is 4.80. The Hall–Kier alpha value is -3.52. The van der Waals surface area contributed by atoms with Crippen LogP contribution in [0.2, 0.25) is 0 Å². The first-order valence-electron chi connectivity index (χ1n) is 9.45. The molecular weight excluding hydrogens is 400 g/mol. The van der Waals surface area contributed by atoms with Crippen molar-refractivity contribution in [3.8, 4) is 0 Å². The van der Waals surface area contributed by atoms with E-state index in [1.807, 2.05) is 36.4 Å². The van der Waals surface area contributed by atoms with Crippen LogP contribution in [0, 0.1) is 0 Å². The molecule has 0 bridgehead atoms. The van der Waals surface area contributed by atoms with Crippen LogP contribution in [0.15, 0.2) is 48.7 Å². The third-order valence-corrected chi connectivity index (χ3v) is 5.74. The number of hydrogen-bond donors (Lipinski definition) is 2. The molecule has 3 amide bonds. The van der Waals surface area contributed by atoms with E-state index in [1.165, 1.54) is 25.2 Å². The van der Waals surface area contributed by atoms with E-state index in [0.29, 0.717) is 10.8 Å². The lowest BCUT2D eigenvalue weighted by molar-refractivity contribution is -0.129. The fraction of sp³-hybridized carbons (Fsp3) is 0.182. The Morgan fingerprint density at radius 2 is 1.90 bits per heavy atom. The lowest BCUT2D eigenvalue weighted by Crippen LogP contribution is -2.33. The predicted octanol–water partition coefficient (Wildman–Crippen LogP) is 4.16. The molecular formula is C22H20N4O3S. The van der Waals surface area contributed by atoms with Crippen molar-refractivity contribution in [1.29, 1.82) is 0 Å². The number of aromatic nitrogens is 1. The van der Waals surface area contributed by atoms with Gasteiger partial charge in [-0.2, -0.15) is 0 Å². The van der Waals surface area contributed by atoms with E-state index in [1.54, 1.807) is 23.2 Å². The molecule has 0 radical (unpaired) electrons. The summed E-state index contributed by atoms with van der Waals surface area (Å²) in [6, 6.07) is 12.8. The monoisotopic (exact) mass is 420 g/mol. The van der Waals surface area contributed by atoms with Crippen molar-refractivity contribution in [3.63, 3.8) is 0 Å². The Kier molecular flexibility index (Phi) is 5.33.